The van der Waals surface area contributed by atoms with Gasteiger partial charge < -0.3 is 29.2 Å². The topological polar surface area (TPSA) is 129 Å². The maximum atomic E-state index is 12.6. The van der Waals surface area contributed by atoms with Crippen LogP contribution in [0.1, 0.15) is 130 Å². The van der Waals surface area contributed by atoms with Gasteiger partial charge in [-0.2, -0.15) is 0 Å². The van der Waals surface area contributed by atoms with Crippen LogP contribution in [0, 0.1) is 0 Å². The average molecular weight is 557 g/mol. The van der Waals surface area contributed by atoms with Crippen molar-refractivity contribution in [1.29, 1.82) is 0 Å². The molecule has 0 spiro atoms. The molecule has 9 heteroatoms. The Balaban J connectivity index is 1.69. The van der Waals surface area contributed by atoms with E-state index in [9.17, 15) is 24.6 Å². The van der Waals surface area contributed by atoms with E-state index in [4.69, 9.17) is 18.9 Å². The highest BCUT2D eigenvalue weighted by Crippen LogP contribution is 2.27. The fourth-order valence-corrected chi connectivity index (χ4v) is 5.35. The summed E-state index contributed by atoms with van der Waals surface area (Å²) >= 11 is 0. The van der Waals surface area contributed by atoms with Gasteiger partial charge in [0.1, 0.15) is 18.3 Å². The number of ether oxygens (including phenoxy) is 4. The lowest BCUT2D eigenvalue weighted by Crippen LogP contribution is -2.38. The third-order valence-electron chi connectivity index (χ3n) is 7.54. The first-order valence-corrected chi connectivity index (χ1v) is 15.2. The van der Waals surface area contributed by atoms with Crippen LogP contribution >= 0.6 is 0 Å². The second-order valence-electron chi connectivity index (χ2n) is 11.5. The molecule has 0 amide bonds. The van der Waals surface area contributed by atoms with Crippen molar-refractivity contribution in [3.8, 4) is 0 Å². The summed E-state index contributed by atoms with van der Waals surface area (Å²) in [7, 11) is 0. The van der Waals surface area contributed by atoms with E-state index in [1.54, 1.807) is 13.8 Å². The molecule has 0 aromatic carbocycles. The second-order valence-corrected chi connectivity index (χ2v) is 11.5. The third-order valence-corrected chi connectivity index (χ3v) is 7.54. The van der Waals surface area contributed by atoms with Crippen molar-refractivity contribution in [3.05, 3.63) is 0 Å². The molecule has 2 fully saturated rings. The molecule has 7 unspecified atom stereocenters. The summed E-state index contributed by atoms with van der Waals surface area (Å²) in [5, 5.41) is 18.7. The van der Waals surface area contributed by atoms with Crippen LogP contribution in [0.5, 0.6) is 0 Å². The van der Waals surface area contributed by atoms with Gasteiger partial charge in [0.15, 0.2) is 0 Å². The Morgan fingerprint density at radius 3 is 1.31 bits per heavy atom. The first-order valence-electron chi connectivity index (χ1n) is 15.2. The predicted molar refractivity (Wildman–Crippen MR) is 146 cm³/mol. The first kappa shape index (κ1) is 33.5. The van der Waals surface area contributed by atoms with Crippen molar-refractivity contribution >= 4 is 17.9 Å². The second kappa shape index (κ2) is 18.6. The molecule has 0 heterocycles. The molecule has 2 N–H and O–H groups in total. The summed E-state index contributed by atoms with van der Waals surface area (Å²) in [6, 6.07) is 0. The normalized spacial score (nSPS) is 25.8. The third kappa shape index (κ3) is 14.5. The summed E-state index contributed by atoms with van der Waals surface area (Å²) in [6.07, 6.45) is 9.25. The van der Waals surface area contributed by atoms with Crippen molar-refractivity contribution in [2.24, 2.45) is 0 Å². The predicted octanol–water partition coefficient (Wildman–Crippen LogP) is 4.92. The molecule has 2 saturated carbocycles. The van der Waals surface area contributed by atoms with Gasteiger partial charge >= 0.3 is 17.9 Å². The van der Waals surface area contributed by atoms with Gasteiger partial charge in [0.05, 0.1) is 24.4 Å². The van der Waals surface area contributed by atoms with Gasteiger partial charge in [-0.05, 0) is 104 Å². The van der Waals surface area contributed by atoms with E-state index < -0.39 is 24.4 Å². The lowest BCUT2D eigenvalue weighted by atomic mass is 9.94. The highest BCUT2D eigenvalue weighted by atomic mass is 16.6. The number of aliphatic hydroxyl groups is 2. The molecule has 0 aromatic rings. The van der Waals surface area contributed by atoms with Crippen molar-refractivity contribution in [3.63, 3.8) is 0 Å². The van der Waals surface area contributed by atoms with Crippen molar-refractivity contribution in [2.45, 2.75) is 173 Å². The molecule has 2 aliphatic rings. The zero-order valence-electron chi connectivity index (χ0n) is 24.3. The van der Waals surface area contributed by atoms with E-state index in [1.165, 1.54) is 0 Å². The summed E-state index contributed by atoms with van der Waals surface area (Å²) in [5.74, 6) is -0.829. The Kier molecular flexibility index (Phi) is 16.0. The SMILES string of the molecule is CC(O)CCCC(=O)OC1CCCCC1OC(=O)CCCC(C)OC1CCCCC1OC(=O)CCCC(C)O. The van der Waals surface area contributed by atoms with Crippen LogP contribution in [0.15, 0.2) is 0 Å². The number of carbonyl (C=O) groups excluding carboxylic acids is 3. The van der Waals surface area contributed by atoms with Gasteiger partial charge in [0.25, 0.3) is 0 Å². The number of carbonyl (C=O) groups is 3. The molecule has 39 heavy (non-hydrogen) atoms. The van der Waals surface area contributed by atoms with Crippen LogP contribution in [-0.2, 0) is 33.3 Å². The van der Waals surface area contributed by atoms with Crippen molar-refractivity contribution < 1.29 is 43.5 Å². The number of hydrogen-bond donors (Lipinski definition) is 2. The molecule has 9 nitrogen and oxygen atoms in total. The summed E-state index contributed by atoms with van der Waals surface area (Å²) in [4.78, 5) is 37.0. The van der Waals surface area contributed by atoms with E-state index in [1.807, 2.05) is 6.92 Å². The maximum Gasteiger partial charge on any atom is 0.306 e. The molecule has 7 atom stereocenters. The molecule has 0 aliphatic heterocycles. The largest absolute Gasteiger partial charge is 0.460 e. The highest BCUT2D eigenvalue weighted by Gasteiger charge is 2.32. The van der Waals surface area contributed by atoms with Crippen LogP contribution in [0.25, 0.3) is 0 Å². The van der Waals surface area contributed by atoms with E-state index in [-0.39, 0.29) is 49.1 Å². The minimum Gasteiger partial charge on any atom is -0.460 e. The molecule has 0 aromatic heterocycles. The van der Waals surface area contributed by atoms with Gasteiger partial charge in [0.2, 0.25) is 0 Å². The summed E-state index contributed by atoms with van der Waals surface area (Å²) < 4.78 is 23.3. The van der Waals surface area contributed by atoms with Gasteiger partial charge in [-0.15, -0.1) is 0 Å². The van der Waals surface area contributed by atoms with Crippen molar-refractivity contribution in [2.75, 3.05) is 0 Å². The van der Waals surface area contributed by atoms with E-state index in [0.29, 0.717) is 57.8 Å². The number of rotatable bonds is 17. The Hall–Kier alpha value is -1.71. The fourth-order valence-electron chi connectivity index (χ4n) is 5.35. The highest BCUT2D eigenvalue weighted by molar-refractivity contribution is 5.70. The Morgan fingerprint density at radius 2 is 0.923 bits per heavy atom. The average Bonchev–Trinajstić information content (AvgIpc) is 2.86. The standard InChI is InChI=1S/C30H52O9/c1-21(31)11-8-18-28(33)37-25-15-5-4-14-24(25)36-23(3)13-10-20-30(35)39-27-17-7-6-16-26(27)38-29(34)19-9-12-22(2)32/h21-27,31-32H,4-20H2,1-3H3. The van der Waals surface area contributed by atoms with Crippen LogP contribution in [0.2, 0.25) is 0 Å². The van der Waals surface area contributed by atoms with Gasteiger partial charge in [-0.1, -0.05) is 6.42 Å². The smallest absolute Gasteiger partial charge is 0.306 e. The van der Waals surface area contributed by atoms with Crippen LogP contribution < -0.4 is 0 Å². The zero-order chi connectivity index (χ0) is 28.6. The molecule has 2 aliphatic carbocycles. The van der Waals surface area contributed by atoms with Crippen LogP contribution in [0.3, 0.4) is 0 Å². The quantitative estimate of drug-likeness (QED) is 0.189. The number of hydrogen-bond acceptors (Lipinski definition) is 9. The van der Waals surface area contributed by atoms with Gasteiger partial charge in [-0.25, -0.2) is 0 Å². The van der Waals surface area contributed by atoms with Crippen molar-refractivity contribution in [1.82, 2.24) is 0 Å². The first-order chi connectivity index (χ1) is 18.6. The lowest BCUT2D eigenvalue weighted by Gasteiger charge is -2.33. The monoisotopic (exact) mass is 556 g/mol. The van der Waals surface area contributed by atoms with Gasteiger partial charge in [-0.3, -0.25) is 14.4 Å². The Bertz CT molecular complexity index is 723. The minimum atomic E-state index is -0.437. The summed E-state index contributed by atoms with van der Waals surface area (Å²) in [5.41, 5.74) is 0. The number of aliphatic hydroxyl groups excluding tert-OH is 2. The molecule has 0 radical (unpaired) electrons. The number of esters is 3. The van der Waals surface area contributed by atoms with E-state index >= 15 is 0 Å². The molecule has 2 rings (SSSR count). The van der Waals surface area contributed by atoms with Gasteiger partial charge in [0, 0.05) is 19.3 Å². The molecule has 226 valence electrons. The molecule has 0 saturated heterocycles. The lowest BCUT2D eigenvalue weighted by molar-refractivity contribution is -0.172. The maximum absolute atomic E-state index is 12.6. The van der Waals surface area contributed by atoms with Crippen LogP contribution in [-0.4, -0.2) is 70.8 Å². The Morgan fingerprint density at radius 1 is 0.590 bits per heavy atom. The molecule has 0 bridgehead atoms. The molecular weight excluding hydrogens is 504 g/mol. The van der Waals surface area contributed by atoms with Crippen LogP contribution in [0.4, 0.5) is 0 Å². The van der Waals surface area contributed by atoms with E-state index in [0.717, 1.165) is 38.5 Å². The molecular formula is C30H52O9. The minimum absolute atomic E-state index is 0.0811. The zero-order valence-corrected chi connectivity index (χ0v) is 24.3. The summed E-state index contributed by atoms with van der Waals surface area (Å²) in [6.45, 7) is 5.39. The Labute approximate surface area is 234 Å². The van der Waals surface area contributed by atoms with E-state index in [2.05, 4.69) is 0 Å². The fraction of sp³-hybridized carbons (Fsp3) is 0.900.